The highest BCUT2D eigenvalue weighted by Crippen LogP contribution is 2.34. The largest absolute Gasteiger partial charge is 0.329 e. The van der Waals surface area contributed by atoms with Crippen LogP contribution in [-0.2, 0) is 0 Å². The van der Waals surface area contributed by atoms with Crippen LogP contribution in [-0.4, -0.2) is 30.1 Å². The highest BCUT2D eigenvalue weighted by molar-refractivity contribution is 4.89. The molecule has 2 rings (SSSR count). The molecule has 1 aliphatic heterocycles. The lowest BCUT2D eigenvalue weighted by molar-refractivity contribution is 0.0440. The molecule has 2 heteroatoms. The topological polar surface area (TPSA) is 29.3 Å². The predicted octanol–water partition coefficient (Wildman–Crippen LogP) is 3.79. The van der Waals surface area contributed by atoms with Crippen LogP contribution in [0.1, 0.15) is 71.6 Å². The third-order valence-electron chi connectivity index (χ3n) is 5.57. The average Bonchev–Trinajstić information content (AvgIpc) is 2.44. The minimum atomic E-state index is 0.671. The molecule has 112 valence electrons. The van der Waals surface area contributed by atoms with E-state index in [2.05, 4.69) is 18.7 Å². The van der Waals surface area contributed by atoms with Gasteiger partial charge in [-0.05, 0) is 50.5 Å². The molecule has 2 nitrogen and oxygen atoms in total. The van der Waals surface area contributed by atoms with Gasteiger partial charge in [-0.1, -0.05) is 39.5 Å². The van der Waals surface area contributed by atoms with Crippen LogP contribution in [0.2, 0.25) is 0 Å². The molecule has 0 radical (unpaired) electrons. The minimum absolute atomic E-state index is 0.671. The summed E-state index contributed by atoms with van der Waals surface area (Å²) in [5.41, 5.74) is 6.19. The van der Waals surface area contributed by atoms with E-state index in [-0.39, 0.29) is 0 Å². The Morgan fingerprint density at radius 2 is 1.84 bits per heavy atom. The first-order valence-electron chi connectivity index (χ1n) is 8.72. The van der Waals surface area contributed by atoms with Gasteiger partial charge < -0.3 is 5.73 Å². The summed E-state index contributed by atoms with van der Waals surface area (Å²) in [5, 5.41) is 0. The maximum atomic E-state index is 6.19. The molecule has 2 atom stereocenters. The molecule has 2 aliphatic rings. The quantitative estimate of drug-likeness (QED) is 0.820. The Labute approximate surface area is 120 Å². The summed E-state index contributed by atoms with van der Waals surface area (Å²) in [6.45, 7) is 6.92. The molecule has 0 aromatic carbocycles. The number of nitrogens with zero attached hydrogens (tertiary/aromatic N) is 1. The minimum Gasteiger partial charge on any atom is -0.329 e. The van der Waals surface area contributed by atoms with E-state index in [0.29, 0.717) is 6.04 Å². The van der Waals surface area contributed by atoms with E-state index < -0.39 is 0 Å². The molecule has 1 aliphatic carbocycles. The summed E-state index contributed by atoms with van der Waals surface area (Å²) in [7, 11) is 0. The average molecular weight is 266 g/mol. The van der Waals surface area contributed by atoms with E-state index in [4.69, 9.17) is 5.73 Å². The molecule has 0 bridgehead atoms. The Kier molecular flexibility index (Phi) is 6.15. The third-order valence-corrected chi connectivity index (χ3v) is 5.57. The Balaban J connectivity index is 1.97. The van der Waals surface area contributed by atoms with Gasteiger partial charge in [-0.2, -0.15) is 0 Å². The van der Waals surface area contributed by atoms with Crippen molar-refractivity contribution in [3.8, 4) is 0 Å². The molecule has 2 N–H and O–H groups in total. The van der Waals surface area contributed by atoms with Gasteiger partial charge in [0.15, 0.2) is 0 Å². The second-order valence-electron chi connectivity index (χ2n) is 7.00. The second-order valence-corrected chi connectivity index (χ2v) is 7.00. The summed E-state index contributed by atoms with van der Waals surface area (Å²) in [6.07, 6.45) is 12.6. The first kappa shape index (κ1) is 15.3. The zero-order valence-electron chi connectivity index (χ0n) is 13.1. The molecule has 0 amide bonds. The van der Waals surface area contributed by atoms with Crippen molar-refractivity contribution in [1.29, 1.82) is 0 Å². The lowest BCUT2D eigenvalue weighted by Crippen LogP contribution is -2.53. The van der Waals surface area contributed by atoms with E-state index in [1.165, 1.54) is 64.3 Å². The van der Waals surface area contributed by atoms with Crippen LogP contribution in [0.3, 0.4) is 0 Å². The van der Waals surface area contributed by atoms with Crippen molar-refractivity contribution < 1.29 is 0 Å². The summed E-state index contributed by atoms with van der Waals surface area (Å²) in [4.78, 5) is 2.81. The fourth-order valence-electron chi connectivity index (χ4n) is 4.37. The number of nitrogens with two attached hydrogens (primary N) is 1. The van der Waals surface area contributed by atoms with Crippen LogP contribution >= 0.6 is 0 Å². The molecule has 1 saturated heterocycles. The van der Waals surface area contributed by atoms with Gasteiger partial charge in [0.05, 0.1) is 0 Å². The molecule has 0 aromatic heterocycles. The van der Waals surface area contributed by atoms with Crippen LogP contribution in [0.5, 0.6) is 0 Å². The summed E-state index contributed by atoms with van der Waals surface area (Å²) in [6, 6.07) is 1.50. The van der Waals surface area contributed by atoms with Crippen molar-refractivity contribution in [3.63, 3.8) is 0 Å². The Hall–Kier alpha value is -0.0800. The van der Waals surface area contributed by atoms with Crippen molar-refractivity contribution in [3.05, 3.63) is 0 Å². The first-order chi connectivity index (χ1) is 9.26. The molecule has 0 aromatic rings. The van der Waals surface area contributed by atoms with E-state index >= 15 is 0 Å². The standard InChI is InChI=1S/C17H34N2/c1-3-6-16-7-4-5-12-19(16)17(13-18)15-10-8-14(2)9-11-15/h14-17H,3-13,18H2,1-2H3. The van der Waals surface area contributed by atoms with Gasteiger partial charge >= 0.3 is 0 Å². The Bertz CT molecular complexity index is 244. The van der Waals surface area contributed by atoms with Crippen LogP contribution in [0, 0.1) is 11.8 Å². The monoisotopic (exact) mass is 266 g/mol. The molecular weight excluding hydrogens is 232 g/mol. The molecule has 2 unspecified atom stereocenters. The van der Waals surface area contributed by atoms with Crippen molar-refractivity contribution in [1.82, 2.24) is 4.90 Å². The van der Waals surface area contributed by atoms with Gasteiger partial charge in [-0.25, -0.2) is 0 Å². The fraction of sp³-hybridized carbons (Fsp3) is 1.00. The van der Waals surface area contributed by atoms with E-state index in [1.807, 2.05) is 0 Å². The zero-order valence-corrected chi connectivity index (χ0v) is 13.1. The van der Waals surface area contributed by atoms with Gasteiger partial charge in [0.25, 0.3) is 0 Å². The predicted molar refractivity (Wildman–Crippen MR) is 83.2 cm³/mol. The Morgan fingerprint density at radius 3 is 2.47 bits per heavy atom. The first-order valence-corrected chi connectivity index (χ1v) is 8.72. The number of piperidine rings is 1. The number of hydrogen-bond acceptors (Lipinski definition) is 2. The van der Waals surface area contributed by atoms with E-state index in [9.17, 15) is 0 Å². The molecule has 2 fully saturated rings. The van der Waals surface area contributed by atoms with Crippen molar-refractivity contribution in [2.75, 3.05) is 13.1 Å². The summed E-state index contributed by atoms with van der Waals surface area (Å²) in [5.74, 6) is 1.82. The number of rotatable bonds is 5. The van der Waals surface area contributed by atoms with Gasteiger partial charge in [0.1, 0.15) is 0 Å². The number of likely N-dealkylation sites (tertiary alicyclic amines) is 1. The maximum Gasteiger partial charge on any atom is 0.0249 e. The SMILES string of the molecule is CCCC1CCCCN1C(CN)C1CCC(C)CC1. The third kappa shape index (κ3) is 3.95. The van der Waals surface area contributed by atoms with E-state index in [0.717, 1.165) is 24.4 Å². The fourth-order valence-corrected chi connectivity index (χ4v) is 4.37. The smallest absolute Gasteiger partial charge is 0.0249 e. The molecular formula is C17H34N2. The van der Waals surface area contributed by atoms with Gasteiger partial charge in [0.2, 0.25) is 0 Å². The highest BCUT2D eigenvalue weighted by atomic mass is 15.2. The normalized spacial score (nSPS) is 35.2. The van der Waals surface area contributed by atoms with Gasteiger partial charge in [0, 0.05) is 18.6 Å². The van der Waals surface area contributed by atoms with Crippen LogP contribution in [0.4, 0.5) is 0 Å². The van der Waals surface area contributed by atoms with Crippen LogP contribution in [0.25, 0.3) is 0 Å². The van der Waals surface area contributed by atoms with Crippen LogP contribution in [0.15, 0.2) is 0 Å². The lowest BCUT2D eigenvalue weighted by atomic mass is 9.77. The summed E-state index contributed by atoms with van der Waals surface area (Å²) < 4.78 is 0. The van der Waals surface area contributed by atoms with E-state index in [1.54, 1.807) is 0 Å². The summed E-state index contributed by atoms with van der Waals surface area (Å²) >= 11 is 0. The Morgan fingerprint density at radius 1 is 1.11 bits per heavy atom. The number of hydrogen-bond donors (Lipinski definition) is 1. The second kappa shape index (κ2) is 7.64. The molecule has 0 spiro atoms. The molecule has 1 saturated carbocycles. The highest BCUT2D eigenvalue weighted by Gasteiger charge is 2.33. The van der Waals surface area contributed by atoms with Crippen LogP contribution < -0.4 is 5.73 Å². The molecule has 1 heterocycles. The van der Waals surface area contributed by atoms with Gasteiger partial charge in [-0.15, -0.1) is 0 Å². The van der Waals surface area contributed by atoms with Gasteiger partial charge in [-0.3, -0.25) is 4.90 Å². The molecule has 19 heavy (non-hydrogen) atoms. The lowest BCUT2D eigenvalue weighted by Gasteiger charge is -2.45. The zero-order chi connectivity index (χ0) is 13.7. The van der Waals surface area contributed by atoms with Crippen molar-refractivity contribution in [2.24, 2.45) is 17.6 Å². The maximum absolute atomic E-state index is 6.19. The van der Waals surface area contributed by atoms with Crippen molar-refractivity contribution >= 4 is 0 Å². The van der Waals surface area contributed by atoms with Crippen molar-refractivity contribution in [2.45, 2.75) is 83.7 Å².